The summed E-state index contributed by atoms with van der Waals surface area (Å²) in [6, 6.07) is 4.62. The van der Waals surface area contributed by atoms with Gasteiger partial charge in [-0.3, -0.25) is 0 Å². The first-order valence-corrected chi connectivity index (χ1v) is 7.87. The van der Waals surface area contributed by atoms with Crippen molar-refractivity contribution in [2.24, 2.45) is 5.92 Å². The number of halogens is 1. The largest absolute Gasteiger partial charge is 0.302 e. The smallest absolute Gasteiger partial charge is 0.113 e. The van der Waals surface area contributed by atoms with E-state index in [9.17, 15) is 0 Å². The van der Waals surface area contributed by atoms with Crippen molar-refractivity contribution in [2.45, 2.75) is 39.2 Å². The molecule has 1 saturated heterocycles. The van der Waals surface area contributed by atoms with Crippen molar-refractivity contribution in [1.29, 1.82) is 0 Å². The van der Waals surface area contributed by atoms with Gasteiger partial charge in [-0.25, -0.2) is 4.98 Å². The van der Waals surface area contributed by atoms with Gasteiger partial charge >= 0.3 is 0 Å². The van der Waals surface area contributed by atoms with Crippen molar-refractivity contribution in [3.8, 4) is 0 Å². The first kappa shape index (κ1) is 13.9. The van der Waals surface area contributed by atoms with Gasteiger partial charge in [0.25, 0.3) is 0 Å². The van der Waals surface area contributed by atoms with Gasteiger partial charge in [0.1, 0.15) is 5.82 Å². The van der Waals surface area contributed by atoms with Crippen molar-refractivity contribution in [1.82, 2.24) is 14.3 Å². The third-order valence-corrected chi connectivity index (χ3v) is 4.64. The number of pyridine rings is 1. The van der Waals surface area contributed by atoms with Crippen LogP contribution in [0.3, 0.4) is 0 Å². The van der Waals surface area contributed by atoms with Crippen LogP contribution < -0.4 is 0 Å². The van der Waals surface area contributed by atoms with Crippen LogP contribution in [0.4, 0.5) is 0 Å². The normalized spacial score (nSPS) is 18.2. The van der Waals surface area contributed by atoms with E-state index in [4.69, 9.17) is 11.6 Å². The van der Waals surface area contributed by atoms with Crippen molar-refractivity contribution in [3.63, 3.8) is 0 Å². The highest BCUT2D eigenvalue weighted by Crippen LogP contribution is 2.23. The molecular formula is C16H22ClN3. The van der Waals surface area contributed by atoms with Gasteiger partial charge in [0, 0.05) is 18.7 Å². The van der Waals surface area contributed by atoms with Crippen LogP contribution in [0.1, 0.15) is 32.5 Å². The summed E-state index contributed by atoms with van der Waals surface area (Å²) in [5.41, 5.74) is 1.13. The number of fused-ring (bicyclic) bond motifs is 1. The van der Waals surface area contributed by atoms with E-state index < -0.39 is 0 Å². The monoisotopic (exact) mass is 291 g/mol. The maximum absolute atomic E-state index is 6.09. The topological polar surface area (TPSA) is 20.5 Å². The molecule has 0 N–H and O–H groups in total. The molecule has 0 radical (unpaired) electrons. The molecule has 3 nitrogen and oxygen atoms in total. The average Bonchev–Trinajstić information content (AvgIpc) is 2.82. The molecular weight excluding hydrogens is 270 g/mol. The standard InChI is InChI=1S/C16H22ClN3/c1-12(2)19-7-5-13(6-8-19)9-16-18-10-15-4-3-14(17)11-20(15)16/h3-4,10-13H,5-9H2,1-2H3. The Labute approximate surface area is 125 Å². The molecule has 1 fully saturated rings. The summed E-state index contributed by atoms with van der Waals surface area (Å²) in [5.74, 6) is 1.89. The number of imidazole rings is 1. The molecule has 0 saturated carbocycles. The number of rotatable bonds is 3. The van der Waals surface area contributed by atoms with Crippen molar-refractivity contribution < 1.29 is 0 Å². The highest BCUT2D eigenvalue weighted by molar-refractivity contribution is 6.30. The van der Waals surface area contributed by atoms with Crippen LogP contribution in [0.2, 0.25) is 5.02 Å². The number of hydrogen-bond donors (Lipinski definition) is 0. The number of nitrogens with zero attached hydrogens (tertiary/aromatic N) is 3. The summed E-state index contributed by atoms with van der Waals surface area (Å²) < 4.78 is 2.14. The Balaban J connectivity index is 1.70. The second kappa shape index (κ2) is 5.74. The molecule has 108 valence electrons. The van der Waals surface area contributed by atoms with Gasteiger partial charge in [0.05, 0.1) is 16.7 Å². The van der Waals surface area contributed by atoms with E-state index in [0.29, 0.717) is 6.04 Å². The Morgan fingerprint density at radius 2 is 2.05 bits per heavy atom. The number of piperidine rings is 1. The summed E-state index contributed by atoms with van der Waals surface area (Å²) >= 11 is 6.09. The van der Waals surface area contributed by atoms with Crippen LogP contribution in [0, 0.1) is 5.92 Å². The highest BCUT2D eigenvalue weighted by Gasteiger charge is 2.22. The van der Waals surface area contributed by atoms with Crippen LogP contribution >= 0.6 is 11.6 Å². The summed E-state index contributed by atoms with van der Waals surface area (Å²) in [6.45, 7) is 6.99. The van der Waals surface area contributed by atoms with Crippen molar-refractivity contribution >= 4 is 17.1 Å². The molecule has 1 aliphatic rings. The molecule has 0 aliphatic carbocycles. The summed E-state index contributed by atoms with van der Waals surface area (Å²) in [7, 11) is 0. The van der Waals surface area contributed by atoms with Crippen LogP contribution in [0.5, 0.6) is 0 Å². The maximum Gasteiger partial charge on any atom is 0.113 e. The van der Waals surface area contributed by atoms with E-state index in [1.165, 1.54) is 25.9 Å². The molecule has 0 amide bonds. The number of likely N-dealkylation sites (tertiary alicyclic amines) is 1. The number of aromatic nitrogens is 2. The van der Waals surface area contributed by atoms with Crippen molar-refractivity contribution in [2.75, 3.05) is 13.1 Å². The Morgan fingerprint density at radius 3 is 2.75 bits per heavy atom. The molecule has 2 aromatic rings. The lowest BCUT2D eigenvalue weighted by Crippen LogP contribution is -2.38. The van der Waals surface area contributed by atoms with Crippen LogP contribution in [-0.4, -0.2) is 33.4 Å². The Morgan fingerprint density at radius 1 is 1.30 bits per heavy atom. The lowest BCUT2D eigenvalue weighted by molar-refractivity contribution is 0.148. The zero-order valence-electron chi connectivity index (χ0n) is 12.2. The Hall–Kier alpha value is -1.06. The minimum Gasteiger partial charge on any atom is -0.302 e. The molecule has 0 aromatic carbocycles. The lowest BCUT2D eigenvalue weighted by atomic mass is 9.92. The predicted molar refractivity (Wildman–Crippen MR) is 83.3 cm³/mol. The molecule has 20 heavy (non-hydrogen) atoms. The Bertz CT molecular complexity index is 582. The van der Waals surface area contributed by atoms with Gasteiger partial charge in [-0.05, 0) is 57.8 Å². The third-order valence-electron chi connectivity index (χ3n) is 4.42. The molecule has 3 rings (SSSR count). The highest BCUT2D eigenvalue weighted by atomic mass is 35.5. The van der Waals surface area contributed by atoms with E-state index in [0.717, 1.165) is 28.7 Å². The quantitative estimate of drug-likeness (QED) is 0.860. The van der Waals surface area contributed by atoms with E-state index >= 15 is 0 Å². The second-order valence-electron chi connectivity index (χ2n) is 6.09. The van der Waals surface area contributed by atoms with Gasteiger partial charge < -0.3 is 9.30 Å². The van der Waals surface area contributed by atoms with Crippen LogP contribution in [0.25, 0.3) is 5.52 Å². The van der Waals surface area contributed by atoms with Crippen molar-refractivity contribution in [3.05, 3.63) is 35.4 Å². The molecule has 1 aliphatic heterocycles. The first-order chi connectivity index (χ1) is 9.63. The maximum atomic E-state index is 6.09. The molecule has 0 atom stereocenters. The zero-order valence-corrected chi connectivity index (χ0v) is 13.0. The lowest BCUT2D eigenvalue weighted by Gasteiger charge is -2.34. The van der Waals surface area contributed by atoms with Gasteiger partial charge in [0.15, 0.2) is 0 Å². The van der Waals surface area contributed by atoms with Gasteiger partial charge in [-0.1, -0.05) is 11.6 Å². The van der Waals surface area contributed by atoms with Gasteiger partial charge in [0.2, 0.25) is 0 Å². The summed E-state index contributed by atoms with van der Waals surface area (Å²) in [5, 5.41) is 0.770. The molecule has 2 aromatic heterocycles. The SMILES string of the molecule is CC(C)N1CCC(Cc2ncc3ccc(Cl)cn23)CC1. The first-order valence-electron chi connectivity index (χ1n) is 7.49. The van der Waals surface area contributed by atoms with Crippen LogP contribution in [0.15, 0.2) is 24.5 Å². The van der Waals surface area contributed by atoms with Gasteiger partial charge in [-0.15, -0.1) is 0 Å². The summed E-state index contributed by atoms with van der Waals surface area (Å²) in [4.78, 5) is 7.14. The van der Waals surface area contributed by atoms with E-state index in [1.54, 1.807) is 0 Å². The minimum atomic E-state index is 0.669. The predicted octanol–water partition coefficient (Wildman–Crippen LogP) is 3.65. The Kier molecular flexibility index (Phi) is 3.99. The molecule has 4 heteroatoms. The van der Waals surface area contributed by atoms with E-state index in [1.807, 2.05) is 24.5 Å². The van der Waals surface area contributed by atoms with E-state index in [-0.39, 0.29) is 0 Å². The zero-order chi connectivity index (χ0) is 14.1. The number of hydrogen-bond acceptors (Lipinski definition) is 2. The molecule has 3 heterocycles. The fourth-order valence-corrected chi connectivity index (χ4v) is 3.26. The minimum absolute atomic E-state index is 0.669. The van der Waals surface area contributed by atoms with Gasteiger partial charge in [-0.2, -0.15) is 0 Å². The van der Waals surface area contributed by atoms with E-state index in [2.05, 4.69) is 28.1 Å². The summed E-state index contributed by atoms with van der Waals surface area (Å²) in [6.07, 6.45) is 7.51. The molecule has 0 spiro atoms. The third kappa shape index (κ3) is 2.84. The average molecular weight is 292 g/mol. The fraction of sp³-hybridized carbons (Fsp3) is 0.562. The second-order valence-corrected chi connectivity index (χ2v) is 6.53. The fourth-order valence-electron chi connectivity index (χ4n) is 3.10. The molecule has 0 unspecified atom stereocenters. The van der Waals surface area contributed by atoms with Crippen LogP contribution in [-0.2, 0) is 6.42 Å². The molecule has 0 bridgehead atoms.